The van der Waals surface area contributed by atoms with E-state index in [0.717, 1.165) is 6.07 Å². The topological polar surface area (TPSA) is 109 Å². The molecule has 0 bridgehead atoms. The van der Waals surface area contributed by atoms with Crippen LogP contribution in [0, 0.1) is 0 Å². The zero-order chi connectivity index (χ0) is 14.1. The fourth-order valence-electron chi connectivity index (χ4n) is 1.14. The van der Waals surface area contributed by atoms with Gasteiger partial charge in [-0.1, -0.05) is 0 Å². The van der Waals surface area contributed by atoms with Gasteiger partial charge in [-0.05, 0) is 18.2 Å². The molecule has 0 aromatic heterocycles. The standard InChI is InChI=1S/C8H7F3N2O4S/c9-8(10,11)5-1-4(7(14)15)2-6(3-5)13-18(12,16)17/h1-3,13H,(H,14,15)(H2,12,16,17). The number of hydrogen-bond acceptors (Lipinski definition) is 3. The Morgan fingerprint density at radius 1 is 1.28 bits per heavy atom. The molecule has 10 heteroatoms. The van der Waals surface area contributed by atoms with Crippen molar-refractivity contribution in [1.82, 2.24) is 0 Å². The molecule has 100 valence electrons. The molecular weight excluding hydrogens is 277 g/mol. The number of hydrogen-bond donors (Lipinski definition) is 3. The quantitative estimate of drug-likeness (QED) is 0.769. The average Bonchev–Trinajstić information content (AvgIpc) is 2.12. The smallest absolute Gasteiger partial charge is 0.416 e. The van der Waals surface area contributed by atoms with Crippen LogP contribution in [0.25, 0.3) is 0 Å². The van der Waals surface area contributed by atoms with Crippen molar-refractivity contribution in [1.29, 1.82) is 0 Å². The van der Waals surface area contributed by atoms with Crippen LogP contribution < -0.4 is 9.86 Å². The molecule has 0 spiro atoms. The summed E-state index contributed by atoms with van der Waals surface area (Å²) in [6.07, 6.45) is -4.81. The lowest BCUT2D eigenvalue weighted by Gasteiger charge is -2.11. The van der Waals surface area contributed by atoms with Gasteiger partial charge in [0.25, 0.3) is 10.2 Å². The summed E-state index contributed by atoms with van der Waals surface area (Å²) in [7, 11) is -4.29. The first kappa shape index (κ1) is 14.3. The highest BCUT2D eigenvalue weighted by Crippen LogP contribution is 2.32. The van der Waals surface area contributed by atoms with Crippen molar-refractivity contribution in [3.63, 3.8) is 0 Å². The monoisotopic (exact) mass is 284 g/mol. The molecular formula is C8H7F3N2O4S. The highest BCUT2D eigenvalue weighted by Gasteiger charge is 2.32. The number of carbonyl (C=O) groups is 1. The Kier molecular flexibility index (Phi) is 3.53. The Morgan fingerprint density at radius 3 is 2.22 bits per heavy atom. The maximum Gasteiger partial charge on any atom is 0.416 e. The van der Waals surface area contributed by atoms with Gasteiger partial charge in [-0.25, -0.2) is 9.93 Å². The largest absolute Gasteiger partial charge is 0.478 e. The molecule has 0 atom stereocenters. The number of aromatic carboxylic acids is 1. The van der Waals surface area contributed by atoms with Crippen molar-refractivity contribution in [3.05, 3.63) is 29.3 Å². The van der Waals surface area contributed by atoms with Crippen molar-refractivity contribution in [2.45, 2.75) is 6.18 Å². The minimum absolute atomic E-state index is 0.386. The maximum atomic E-state index is 12.4. The van der Waals surface area contributed by atoms with Gasteiger partial charge in [0.2, 0.25) is 0 Å². The summed E-state index contributed by atoms with van der Waals surface area (Å²) in [5, 5.41) is 13.2. The van der Waals surface area contributed by atoms with Gasteiger partial charge in [0.1, 0.15) is 0 Å². The lowest BCUT2D eigenvalue weighted by atomic mass is 10.1. The van der Waals surface area contributed by atoms with Crippen LogP contribution in [0.4, 0.5) is 18.9 Å². The summed E-state index contributed by atoms with van der Waals surface area (Å²) in [6, 6.07) is 1.55. The van der Waals surface area contributed by atoms with Gasteiger partial charge < -0.3 is 5.11 Å². The zero-order valence-corrected chi connectivity index (χ0v) is 9.34. The number of rotatable bonds is 3. The van der Waals surface area contributed by atoms with E-state index in [-0.39, 0.29) is 0 Å². The van der Waals surface area contributed by atoms with E-state index in [4.69, 9.17) is 5.11 Å². The van der Waals surface area contributed by atoms with Crippen molar-refractivity contribution in [3.8, 4) is 0 Å². The van der Waals surface area contributed by atoms with E-state index in [1.165, 1.54) is 0 Å². The third-order valence-electron chi connectivity index (χ3n) is 1.77. The lowest BCUT2D eigenvalue weighted by Crippen LogP contribution is -2.22. The third kappa shape index (κ3) is 3.89. The predicted octanol–water partition coefficient (Wildman–Crippen LogP) is 1.02. The summed E-state index contributed by atoms with van der Waals surface area (Å²) in [5.41, 5.74) is -2.59. The molecule has 1 rings (SSSR count). The second-order valence-corrected chi connectivity index (χ2v) is 4.54. The molecule has 18 heavy (non-hydrogen) atoms. The number of nitrogens with two attached hydrogens (primary N) is 1. The highest BCUT2D eigenvalue weighted by molar-refractivity contribution is 7.90. The molecule has 1 aromatic rings. The van der Waals surface area contributed by atoms with E-state index >= 15 is 0 Å². The van der Waals surface area contributed by atoms with Crippen molar-refractivity contribution >= 4 is 21.9 Å². The van der Waals surface area contributed by atoms with Crippen LogP contribution in [0.1, 0.15) is 15.9 Å². The third-order valence-corrected chi connectivity index (χ3v) is 2.29. The Balaban J connectivity index is 3.36. The first-order valence-electron chi connectivity index (χ1n) is 4.25. The van der Waals surface area contributed by atoms with Gasteiger partial charge >= 0.3 is 12.1 Å². The SMILES string of the molecule is NS(=O)(=O)Nc1cc(C(=O)O)cc(C(F)(F)F)c1. The summed E-state index contributed by atoms with van der Waals surface area (Å²) in [5.74, 6) is -1.63. The molecule has 0 radical (unpaired) electrons. The number of alkyl halides is 3. The fourth-order valence-corrected chi connectivity index (χ4v) is 1.58. The van der Waals surface area contributed by atoms with Crippen LogP contribution in [0.5, 0.6) is 0 Å². The number of carboxylic acid groups (broad SMARTS) is 1. The van der Waals surface area contributed by atoms with Crippen LogP contribution in [-0.2, 0) is 16.4 Å². The molecule has 0 aliphatic rings. The molecule has 6 nitrogen and oxygen atoms in total. The number of nitrogens with one attached hydrogen (secondary N) is 1. The normalized spacial score (nSPS) is 12.2. The Bertz CT molecular complexity index is 582. The second kappa shape index (κ2) is 4.46. The molecule has 1 aromatic carbocycles. The minimum atomic E-state index is -4.81. The van der Waals surface area contributed by atoms with E-state index in [9.17, 15) is 26.4 Å². The zero-order valence-electron chi connectivity index (χ0n) is 8.52. The molecule has 0 unspecified atom stereocenters. The Hall–Kier alpha value is -1.81. The van der Waals surface area contributed by atoms with Crippen molar-refractivity contribution < 1.29 is 31.5 Å². The van der Waals surface area contributed by atoms with Crippen molar-refractivity contribution in [2.75, 3.05) is 4.72 Å². The van der Waals surface area contributed by atoms with E-state index in [1.54, 1.807) is 4.72 Å². The van der Waals surface area contributed by atoms with Gasteiger partial charge in [0.15, 0.2) is 0 Å². The lowest BCUT2D eigenvalue weighted by molar-refractivity contribution is -0.137. The number of benzene rings is 1. The molecule has 0 saturated carbocycles. The summed E-state index contributed by atoms with van der Waals surface area (Å²) in [4.78, 5) is 10.6. The van der Waals surface area contributed by atoms with Crippen molar-refractivity contribution in [2.24, 2.45) is 5.14 Å². The first-order valence-corrected chi connectivity index (χ1v) is 5.80. The van der Waals surface area contributed by atoms with Gasteiger partial charge in [0.05, 0.1) is 16.8 Å². The molecule has 0 aliphatic carbocycles. The molecule has 0 amide bonds. The Morgan fingerprint density at radius 2 is 1.83 bits per heavy atom. The van der Waals surface area contributed by atoms with E-state index in [1.807, 2.05) is 0 Å². The van der Waals surface area contributed by atoms with E-state index < -0.39 is 39.2 Å². The summed E-state index contributed by atoms with van der Waals surface area (Å²) >= 11 is 0. The molecule has 4 N–H and O–H groups in total. The Labute approximate surface area is 99.4 Å². The molecule has 0 heterocycles. The first-order chi connectivity index (χ1) is 7.99. The van der Waals surface area contributed by atoms with Crippen LogP contribution in [0.15, 0.2) is 18.2 Å². The number of anilines is 1. The van der Waals surface area contributed by atoms with Crippen LogP contribution in [0.3, 0.4) is 0 Å². The van der Waals surface area contributed by atoms with Crippen LogP contribution >= 0.6 is 0 Å². The fraction of sp³-hybridized carbons (Fsp3) is 0.125. The predicted molar refractivity (Wildman–Crippen MR) is 55.1 cm³/mol. The van der Waals surface area contributed by atoms with Gasteiger partial charge in [-0.2, -0.15) is 21.6 Å². The number of halogens is 3. The molecule has 0 fully saturated rings. The minimum Gasteiger partial charge on any atom is -0.478 e. The van der Waals surface area contributed by atoms with E-state index in [0.29, 0.717) is 12.1 Å². The highest BCUT2D eigenvalue weighted by atomic mass is 32.2. The maximum absolute atomic E-state index is 12.4. The average molecular weight is 284 g/mol. The van der Waals surface area contributed by atoms with Gasteiger partial charge in [0, 0.05) is 0 Å². The summed E-state index contributed by atoms with van der Waals surface area (Å²) < 4.78 is 60.3. The van der Waals surface area contributed by atoms with Gasteiger partial charge in [-0.15, -0.1) is 0 Å². The second-order valence-electron chi connectivity index (χ2n) is 3.25. The van der Waals surface area contributed by atoms with Crippen LogP contribution in [-0.4, -0.2) is 19.5 Å². The van der Waals surface area contributed by atoms with Gasteiger partial charge in [-0.3, -0.25) is 4.72 Å². The van der Waals surface area contributed by atoms with E-state index in [2.05, 4.69) is 5.14 Å². The summed E-state index contributed by atoms with van der Waals surface area (Å²) in [6.45, 7) is 0. The molecule has 0 aliphatic heterocycles. The molecule has 0 saturated heterocycles. The number of carboxylic acids is 1. The van der Waals surface area contributed by atoms with Crippen LogP contribution in [0.2, 0.25) is 0 Å².